The molecule has 1 saturated carbocycles. The highest BCUT2D eigenvalue weighted by Crippen LogP contribution is 2.45. The Kier molecular flexibility index (Phi) is 10.5. The molecule has 0 spiro atoms. The van der Waals surface area contributed by atoms with Gasteiger partial charge in [-0.2, -0.15) is 0 Å². The summed E-state index contributed by atoms with van der Waals surface area (Å²) in [6.07, 6.45) is 1.77. The fraction of sp³-hybridized carbons (Fsp3) is 0.765. The van der Waals surface area contributed by atoms with Gasteiger partial charge >= 0.3 is 12.1 Å². The van der Waals surface area contributed by atoms with Crippen LogP contribution in [0.25, 0.3) is 0 Å². The van der Waals surface area contributed by atoms with E-state index in [1.165, 1.54) is 7.11 Å². The molecule has 4 aliphatic heterocycles. The monoisotopic (exact) mass is 665 g/mol. The number of amides is 1. The Hall–Kier alpha value is -2.17. The Morgan fingerprint density at radius 1 is 1.15 bits per heavy atom. The molecule has 2 bridgehead atoms. The number of rotatable bonds is 5. The van der Waals surface area contributed by atoms with Crippen LogP contribution in [0.2, 0.25) is 0 Å². The van der Waals surface area contributed by atoms with Gasteiger partial charge < -0.3 is 43.6 Å². The highest BCUT2D eigenvalue weighted by molar-refractivity contribution is 6.22. The average Bonchev–Trinajstić information content (AvgIpc) is 3.60. The van der Waals surface area contributed by atoms with Gasteiger partial charge in [0, 0.05) is 50.2 Å². The van der Waals surface area contributed by atoms with Crippen LogP contribution in [0, 0.1) is 35.5 Å². The van der Waals surface area contributed by atoms with Crippen LogP contribution in [0.3, 0.4) is 0 Å². The minimum absolute atomic E-state index is 0.0456. The molecule has 15 atom stereocenters. The summed E-state index contributed by atoms with van der Waals surface area (Å²) in [5.41, 5.74) is -0.0904. The Morgan fingerprint density at radius 2 is 1.87 bits per heavy atom. The second-order valence-corrected chi connectivity index (χ2v) is 14.3. The minimum Gasteiger partial charge on any atom is -0.457 e. The normalized spacial score (nSPS) is 48.7. The number of hydrogen-bond donors (Lipinski definition) is 2. The van der Waals surface area contributed by atoms with Crippen molar-refractivity contribution in [1.29, 1.82) is 0 Å². The predicted octanol–water partition coefficient (Wildman–Crippen LogP) is 3.85. The van der Waals surface area contributed by atoms with Gasteiger partial charge in [0.25, 0.3) is 0 Å². The predicted molar refractivity (Wildman–Crippen MR) is 167 cm³/mol. The molecule has 0 aromatic rings. The summed E-state index contributed by atoms with van der Waals surface area (Å²) >= 11 is 6.06. The van der Waals surface area contributed by atoms with Crippen LogP contribution in [0.1, 0.15) is 60.8 Å². The van der Waals surface area contributed by atoms with Crippen molar-refractivity contribution >= 4 is 23.7 Å². The molecule has 46 heavy (non-hydrogen) atoms. The number of halogens is 1. The number of fused-ring (bicyclic) bond motifs is 3. The van der Waals surface area contributed by atoms with Crippen molar-refractivity contribution in [3.05, 3.63) is 23.8 Å². The molecule has 5 rings (SSSR count). The Morgan fingerprint density at radius 3 is 2.52 bits per heavy atom. The second kappa shape index (κ2) is 13.7. The van der Waals surface area contributed by atoms with E-state index in [0.29, 0.717) is 6.42 Å². The lowest BCUT2D eigenvalue weighted by Crippen LogP contribution is -2.67. The summed E-state index contributed by atoms with van der Waals surface area (Å²) in [4.78, 5) is 25.9. The van der Waals surface area contributed by atoms with E-state index in [0.717, 1.165) is 12.0 Å². The summed E-state index contributed by atoms with van der Waals surface area (Å²) in [5.74, 6) is 2.17. The van der Waals surface area contributed by atoms with E-state index in [9.17, 15) is 14.7 Å². The number of nitrogens with one attached hydrogen (secondary N) is 1. The van der Waals surface area contributed by atoms with Crippen molar-refractivity contribution in [2.75, 3.05) is 14.2 Å². The topological polar surface area (TPSA) is 131 Å². The third-order valence-corrected chi connectivity index (χ3v) is 10.8. The number of esters is 1. The van der Waals surface area contributed by atoms with Crippen molar-refractivity contribution in [2.24, 2.45) is 23.7 Å². The van der Waals surface area contributed by atoms with Crippen molar-refractivity contribution in [2.45, 2.75) is 127 Å². The van der Waals surface area contributed by atoms with Gasteiger partial charge in [0.2, 0.25) is 0 Å². The van der Waals surface area contributed by atoms with Crippen molar-refractivity contribution in [1.82, 2.24) is 5.32 Å². The molecule has 3 saturated heterocycles. The highest BCUT2D eigenvalue weighted by atomic mass is 35.5. The van der Waals surface area contributed by atoms with Gasteiger partial charge in [-0.05, 0) is 46.3 Å². The van der Waals surface area contributed by atoms with E-state index in [2.05, 4.69) is 17.2 Å². The molecule has 256 valence electrons. The van der Waals surface area contributed by atoms with Gasteiger partial charge in [-0.15, -0.1) is 11.6 Å². The molecule has 5 aliphatic rings. The van der Waals surface area contributed by atoms with E-state index in [4.69, 9.17) is 44.8 Å². The lowest BCUT2D eigenvalue weighted by molar-refractivity contribution is -0.355. The van der Waals surface area contributed by atoms with Crippen LogP contribution >= 0.6 is 11.6 Å². The fourth-order valence-electron chi connectivity index (χ4n) is 7.24. The fourth-order valence-corrected chi connectivity index (χ4v) is 7.50. The summed E-state index contributed by atoms with van der Waals surface area (Å²) < 4.78 is 42.8. The average molecular weight is 666 g/mol. The lowest BCUT2D eigenvalue weighted by Gasteiger charge is -2.52. The molecule has 1 aliphatic carbocycles. The molecule has 0 unspecified atom stereocenters. The zero-order valence-corrected chi connectivity index (χ0v) is 28.6. The van der Waals surface area contributed by atoms with Crippen LogP contribution in [-0.2, 0) is 38.0 Å². The van der Waals surface area contributed by atoms with Gasteiger partial charge in [0.1, 0.15) is 24.2 Å². The smallest absolute Gasteiger partial charge is 0.408 e. The van der Waals surface area contributed by atoms with Gasteiger partial charge in [-0.3, -0.25) is 4.79 Å². The number of cyclic esters (lactones) is 1. The maximum Gasteiger partial charge on any atom is 0.408 e. The molecular formula is C34H48ClNO10. The molecular weight excluding hydrogens is 618 g/mol. The highest BCUT2D eigenvalue weighted by Gasteiger charge is 2.62. The molecule has 1 amide bonds. The number of allylic oxidation sites excluding steroid dienone is 1. The number of hydrogen-bond acceptors (Lipinski definition) is 10. The standard InChI is InChI=1S/C34H48ClNO10/c1-17-13-23(12-10-9-11-22-15-24(22)35)43-30(37)20(4)34(39)16-26(19(3)27(45-34)18(2)25(14-17)40-7)44-31-29(41-8)33(6)28(21(5)42-31)36-32(38)46-33/h10,12,14,18-29,31,39H,13,15-16H2,1-8H3,(H,36,38)/b12-10+,17-14+/t18-,19+,20+,21-,22-,23-,24-,25+,26-,27-,28+,29-,31-,33+,34-/m0/s1. The minimum atomic E-state index is -1.94. The van der Waals surface area contributed by atoms with E-state index < -0.39 is 72.2 Å². The zero-order chi connectivity index (χ0) is 33.6. The first kappa shape index (κ1) is 35.1. The summed E-state index contributed by atoms with van der Waals surface area (Å²) in [5, 5.41) is 15.0. The number of carbonyl (C=O) groups excluding carboxylic acids is 2. The van der Waals surface area contributed by atoms with Gasteiger partial charge in [-0.1, -0.05) is 37.3 Å². The van der Waals surface area contributed by atoms with Gasteiger partial charge in [0.05, 0.1) is 24.4 Å². The number of alkyl carbamates (subject to hydrolysis) is 1. The molecule has 11 nitrogen and oxygen atoms in total. The van der Waals surface area contributed by atoms with Gasteiger partial charge in [-0.25, -0.2) is 4.79 Å². The number of aliphatic hydroxyl groups is 1. The Labute approximate surface area is 276 Å². The van der Waals surface area contributed by atoms with Crippen LogP contribution in [0.5, 0.6) is 0 Å². The molecule has 0 aromatic carbocycles. The summed E-state index contributed by atoms with van der Waals surface area (Å²) in [6, 6.07) is -0.446. The SMILES string of the molecule is CO[C@@H]1/C=C(\C)C[C@H](/C=C/C#C[C@H]2C[C@@H]2Cl)OC(=O)[C@@H](C)[C@]2(O)C[C@H](O[C@@H]3O[C@@H](C)[C@H]4NC(=O)O[C@@]4(C)[C@H]3OC)[C@@H](C)[C@@H](O2)[C@H]1C. The first-order valence-corrected chi connectivity index (χ1v) is 16.6. The zero-order valence-electron chi connectivity index (χ0n) is 27.9. The van der Waals surface area contributed by atoms with Crippen molar-refractivity contribution < 1.29 is 47.9 Å². The molecule has 4 heterocycles. The molecule has 0 radical (unpaired) electrons. The van der Waals surface area contributed by atoms with Gasteiger partial charge in [0.15, 0.2) is 17.7 Å². The van der Waals surface area contributed by atoms with Crippen LogP contribution in [0.4, 0.5) is 4.79 Å². The lowest BCUT2D eigenvalue weighted by atomic mass is 9.77. The first-order valence-electron chi connectivity index (χ1n) is 16.2. The van der Waals surface area contributed by atoms with Crippen LogP contribution in [0.15, 0.2) is 23.8 Å². The Balaban J connectivity index is 1.44. The molecule has 12 heteroatoms. The van der Waals surface area contributed by atoms with E-state index in [-0.39, 0.29) is 35.7 Å². The first-order chi connectivity index (χ1) is 21.7. The second-order valence-electron chi connectivity index (χ2n) is 13.7. The third-order valence-electron chi connectivity index (χ3n) is 10.3. The third kappa shape index (κ3) is 7.00. The molecule has 4 fully saturated rings. The van der Waals surface area contributed by atoms with E-state index in [1.54, 1.807) is 33.1 Å². The van der Waals surface area contributed by atoms with E-state index >= 15 is 0 Å². The quantitative estimate of drug-likeness (QED) is 0.193. The van der Waals surface area contributed by atoms with Crippen LogP contribution < -0.4 is 5.32 Å². The summed E-state index contributed by atoms with van der Waals surface area (Å²) in [6.45, 7) is 11.2. The maximum atomic E-state index is 13.6. The number of ether oxygens (including phenoxy) is 7. The molecule has 2 N–H and O–H groups in total. The van der Waals surface area contributed by atoms with Crippen molar-refractivity contribution in [3.63, 3.8) is 0 Å². The van der Waals surface area contributed by atoms with Crippen molar-refractivity contribution in [3.8, 4) is 11.8 Å². The van der Waals surface area contributed by atoms with E-state index in [1.807, 2.05) is 33.8 Å². The van der Waals surface area contributed by atoms with Crippen LogP contribution in [-0.4, -0.2) is 97.1 Å². The number of alkyl halides is 1. The number of carbonyl (C=O) groups is 2. The Bertz CT molecular complexity index is 1280. The molecule has 0 aromatic heterocycles. The number of methoxy groups -OCH3 is 2. The summed E-state index contributed by atoms with van der Waals surface area (Å²) in [7, 11) is 3.14. The maximum absolute atomic E-state index is 13.6. The largest absolute Gasteiger partial charge is 0.457 e.